The standard InChI is InChI=1S/C25H23F3N2O2/c26-25(27,28)20-11-12-23(30-13-4-5-14-30)22(16-20)29-24(31)19-9-6-10-21(15-19)32-17-18-7-2-1-3-8-18/h1-3,6-12,15-16H,4-5,13-14,17H2,(H,29,31). The third kappa shape index (κ3) is 5.22. The van der Waals surface area contributed by atoms with Crippen LogP contribution in [0.15, 0.2) is 72.8 Å². The zero-order valence-corrected chi connectivity index (χ0v) is 17.4. The highest BCUT2D eigenvalue weighted by Crippen LogP contribution is 2.36. The lowest BCUT2D eigenvalue weighted by Crippen LogP contribution is -2.22. The molecule has 1 aliphatic rings. The van der Waals surface area contributed by atoms with Crippen LogP contribution in [0.25, 0.3) is 0 Å². The third-order valence-corrected chi connectivity index (χ3v) is 5.36. The molecule has 0 saturated carbocycles. The molecule has 1 aliphatic heterocycles. The fourth-order valence-electron chi connectivity index (χ4n) is 3.71. The Morgan fingerprint density at radius 1 is 0.938 bits per heavy atom. The van der Waals surface area contributed by atoms with Gasteiger partial charge in [0.2, 0.25) is 0 Å². The molecule has 1 fully saturated rings. The highest BCUT2D eigenvalue weighted by Gasteiger charge is 2.32. The smallest absolute Gasteiger partial charge is 0.416 e. The summed E-state index contributed by atoms with van der Waals surface area (Å²) in [5.74, 6) is 0.0141. The van der Waals surface area contributed by atoms with E-state index in [0.717, 1.165) is 43.6 Å². The fourth-order valence-corrected chi connectivity index (χ4v) is 3.71. The van der Waals surface area contributed by atoms with Crippen molar-refractivity contribution in [3.8, 4) is 5.75 Å². The number of ether oxygens (including phenoxy) is 1. The van der Waals surface area contributed by atoms with Crippen molar-refractivity contribution < 1.29 is 22.7 Å². The summed E-state index contributed by atoms with van der Waals surface area (Å²) in [6.45, 7) is 1.84. The van der Waals surface area contributed by atoms with Gasteiger partial charge in [-0.15, -0.1) is 0 Å². The van der Waals surface area contributed by atoms with Gasteiger partial charge in [-0.25, -0.2) is 0 Å². The van der Waals surface area contributed by atoms with E-state index in [-0.39, 0.29) is 5.69 Å². The van der Waals surface area contributed by atoms with Crippen molar-refractivity contribution in [2.24, 2.45) is 0 Å². The molecule has 4 nitrogen and oxygen atoms in total. The minimum Gasteiger partial charge on any atom is -0.489 e. The van der Waals surface area contributed by atoms with Gasteiger partial charge >= 0.3 is 6.18 Å². The molecule has 0 unspecified atom stereocenters. The molecule has 4 rings (SSSR count). The number of carbonyl (C=O) groups is 1. The van der Waals surface area contributed by atoms with E-state index in [1.54, 1.807) is 24.3 Å². The largest absolute Gasteiger partial charge is 0.489 e. The summed E-state index contributed by atoms with van der Waals surface area (Å²) >= 11 is 0. The van der Waals surface area contributed by atoms with Gasteiger partial charge in [0.25, 0.3) is 5.91 Å². The molecule has 3 aromatic rings. The summed E-state index contributed by atoms with van der Waals surface area (Å²) in [7, 11) is 0. The normalized spacial score (nSPS) is 13.8. The molecule has 7 heteroatoms. The van der Waals surface area contributed by atoms with Crippen LogP contribution in [0.3, 0.4) is 0 Å². The Hall–Kier alpha value is -3.48. The van der Waals surface area contributed by atoms with E-state index in [4.69, 9.17) is 4.74 Å². The minimum atomic E-state index is -4.49. The number of hydrogen-bond donors (Lipinski definition) is 1. The van der Waals surface area contributed by atoms with Gasteiger partial charge in [-0.1, -0.05) is 36.4 Å². The number of alkyl halides is 3. The van der Waals surface area contributed by atoms with Crippen LogP contribution in [0.4, 0.5) is 24.5 Å². The number of amides is 1. The lowest BCUT2D eigenvalue weighted by molar-refractivity contribution is -0.137. The van der Waals surface area contributed by atoms with Gasteiger partial charge in [-0.2, -0.15) is 13.2 Å². The molecule has 0 aromatic heterocycles. The molecular weight excluding hydrogens is 417 g/mol. The first-order valence-corrected chi connectivity index (χ1v) is 10.4. The third-order valence-electron chi connectivity index (χ3n) is 5.36. The molecule has 0 bridgehead atoms. The quantitative estimate of drug-likeness (QED) is 0.501. The fraction of sp³-hybridized carbons (Fsp3) is 0.240. The van der Waals surface area contributed by atoms with E-state index in [0.29, 0.717) is 23.6 Å². The number of rotatable bonds is 6. The monoisotopic (exact) mass is 440 g/mol. The molecule has 166 valence electrons. The molecule has 0 atom stereocenters. The Morgan fingerprint density at radius 2 is 1.69 bits per heavy atom. The number of nitrogens with zero attached hydrogens (tertiary/aromatic N) is 1. The molecule has 32 heavy (non-hydrogen) atoms. The minimum absolute atomic E-state index is 0.155. The van der Waals surface area contributed by atoms with Crippen molar-refractivity contribution in [1.82, 2.24) is 0 Å². The van der Waals surface area contributed by atoms with Gasteiger partial charge in [0.15, 0.2) is 0 Å². The zero-order valence-electron chi connectivity index (χ0n) is 17.4. The van der Waals surface area contributed by atoms with Crippen LogP contribution in [0.5, 0.6) is 5.75 Å². The second kappa shape index (κ2) is 9.34. The van der Waals surface area contributed by atoms with Gasteiger partial charge in [0, 0.05) is 18.7 Å². The number of nitrogens with one attached hydrogen (secondary N) is 1. The van der Waals surface area contributed by atoms with Gasteiger partial charge in [-0.3, -0.25) is 4.79 Å². The predicted octanol–water partition coefficient (Wildman–Crippen LogP) is 6.14. The van der Waals surface area contributed by atoms with Gasteiger partial charge < -0.3 is 15.0 Å². The van der Waals surface area contributed by atoms with Crippen LogP contribution in [-0.4, -0.2) is 19.0 Å². The van der Waals surface area contributed by atoms with E-state index in [2.05, 4.69) is 5.32 Å². The second-order valence-electron chi connectivity index (χ2n) is 7.68. The number of halogens is 3. The van der Waals surface area contributed by atoms with Gasteiger partial charge in [-0.05, 0) is 54.8 Å². The van der Waals surface area contributed by atoms with Crippen molar-refractivity contribution in [3.05, 3.63) is 89.5 Å². The molecule has 1 amide bonds. The van der Waals surface area contributed by atoms with Crippen LogP contribution in [0.2, 0.25) is 0 Å². The Kier molecular flexibility index (Phi) is 6.35. The van der Waals surface area contributed by atoms with Crippen molar-refractivity contribution in [2.45, 2.75) is 25.6 Å². The maximum atomic E-state index is 13.3. The van der Waals surface area contributed by atoms with E-state index in [1.165, 1.54) is 6.07 Å². The average Bonchev–Trinajstić information content (AvgIpc) is 3.33. The van der Waals surface area contributed by atoms with Crippen molar-refractivity contribution in [2.75, 3.05) is 23.3 Å². The maximum absolute atomic E-state index is 13.3. The molecule has 0 spiro atoms. The molecule has 1 saturated heterocycles. The number of anilines is 2. The Morgan fingerprint density at radius 3 is 2.41 bits per heavy atom. The van der Waals surface area contributed by atoms with Crippen LogP contribution >= 0.6 is 0 Å². The van der Waals surface area contributed by atoms with E-state index >= 15 is 0 Å². The zero-order chi connectivity index (χ0) is 22.6. The molecule has 1 heterocycles. The topological polar surface area (TPSA) is 41.6 Å². The Bertz CT molecular complexity index is 1080. The van der Waals surface area contributed by atoms with Gasteiger partial charge in [0.05, 0.1) is 16.9 Å². The highest BCUT2D eigenvalue weighted by molar-refractivity contribution is 6.06. The SMILES string of the molecule is O=C(Nc1cc(C(F)(F)F)ccc1N1CCCC1)c1cccc(OCc2ccccc2)c1. The predicted molar refractivity (Wildman–Crippen MR) is 118 cm³/mol. The molecular formula is C25H23F3N2O2. The van der Waals surface area contributed by atoms with E-state index in [1.807, 2.05) is 35.2 Å². The first kappa shape index (κ1) is 21.7. The summed E-state index contributed by atoms with van der Waals surface area (Å²) in [6.07, 6.45) is -2.56. The Balaban J connectivity index is 1.54. The second-order valence-corrected chi connectivity index (χ2v) is 7.68. The molecule has 3 aromatic carbocycles. The number of hydrogen-bond acceptors (Lipinski definition) is 3. The number of benzene rings is 3. The summed E-state index contributed by atoms with van der Waals surface area (Å²) in [6, 6.07) is 19.7. The van der Waals surface area contributed by atoms with Crippen molar-refractivity contribution in [3.63, 3.8) is 0 Å². The number of carbonyl (C=O) groups excluding carboxylic acids is 1. The first-order valence-electron chi connectivity index (χ1n) is 10.4. The van der Waals surface area contributed by atoms with Crippen molar-refractivity contribution in [1.29, 1.82) is 0 Å². The molecule has 0 aliphatic carbocycles. The summed E-state index contributed by atoms with van der Waals surface area (Å²) in [5, 5.41) is 2.68. The average molecular weight is 440 g/mol. The van der Waals surface area contributed by atoms with Crippen LogP contribution in [-0.2, 0) is 12.8 Å². The first-order chi connectivity index (χ1) is 15.4. The molecule has 0 radical (unpaired) electrons. The van der Waals surface area contributed by atoms with Crippen LogP contribution in [0, 0.1) is 0 Å². The highest BCUT2D eigenvalue weighted by atomic mass is 19.4. The lowest BCUT2D eigenvalue weighted by Gasteiger charge is -2.23. The van der Waals surface area contributed by atoms with E-state index < -0.39 is 17.6 Å². The van der Waals surface area contributed by atoms with Crippen molar-refractivity contribution >= 4 is 17.3 Å². The van der Waals surface area contributed by atoms with Crippen LogP contribution < -0.4 is 15.0 Å². The van der Waals surface area contributed by atoms with Crippen LogP contribution in [0.1, 0.15) is 34.3 Å². The molecule has 1 N–H and O–H groups in total. The lowest BCUT2D eigenvalue weighted by atomic mass is 10.1. The van der Waals surface area contributed by atoms with E-state index in [9.17, 15) is 18.0 Å². The Labute approximate surface area is 184 Å². The summed E-state index contributed by atoms with van der Waals surface area (Å²) in [4.78, 5) is 14.9. The maximum Gasteiger partial charge on any atom is 0.416 e. The van der Waals surface area contributed by atoms with Gasteiger partial charge in [0.1, 0.15) is 12.4 Å². The summed E-state index contributed by atoms with van der Waals surface area (Å²) in [5.41, 5.74) is 1.25. The summed E-state index contributed by atoms with van der Waals surface area (Å²) < 4.78 is 45.6.